The van der Waals surface area contributed by atoms with Crippen LogP contribution in [-0.2, 0) is 17.8 Å². The number of guanidine groups is 1. The standard InChI is InChI=1S/C25H32N4O.HI/c1-26-25(29-13-11-24(12-14-29)23-5-3-2-4-6-23)27-19-21-7-9-22(10-8-21)20-28-15-17-30-18-16-28;/h2-11H,12-20H2,1H3,(H,26,27);1H. The highest BCUT2D eigenvalue weighted by molar-refractivity contribution is 14.0. The third-order valence-corrected chi connectivity index (χ3v) is 5.85. The Labute approximate surface area is 203 Å². The van der Waals surface area contributed by atoms with Crippen molar-refractivity contribution in [2.45, 2.75) is 19.5 Å². The summed E-state index contributed by atoms with van der Waals surface area (Å²) in [4.78, 5) is 9.27. The Balaban J connectivity index is 0.00000272. The van der Waals surface area contributed by atoms with Gasteiger partial charge in [-0.3, -0.25) is 9.89 Å². The van der Waals surface area contributed by atoms with Crippen molar-refractivity contribution in [1.29, 1.82) is 0 Å². The van der Waals surface area contributed by atoms with Gasteiger partial charge in [0.15, 0.2) is 5.96 Å². The Kier molecular flexibility index (Phi) is 9.36. The van der Waals surface area contributed by atoms with Crippen molar-refractivity contribution >= 4 is 35.5 Å². The van der Waals surface area contributed by atoms with E-state index in [0.29, 0.717) is 0 Å². The van der Waals surface area contributed by atoms with Gasteiger partial charge in [0, 0.05) is 46.3 Å². The first kappa shape index (κ1) is 23.8. The van der Waals surface area contributed by atoms with Gasteiger partial charge in [-0.25, -0.2) is 0 Å². The maximum absolute atomic E-state index is 5.43. The summed E-state index contributed by atoms with van der Waals surface area (Å²) >= 11 is 0. The number of halogens is 1. The summed E-state index contributed by atoms with van der Waals surface area (Å²) in [6, 6.07) is 19.6. The molecule has 0 radical (unpaired) electrons. The van der Waals surface area contributed by atoms with E-state index in [1.54, 1.807) is 0 Å². The van der Waals surface area contributed by atoms with Crippen molar-refractivity contribution in [2.24, 2.45) is 4.99 Å². The van der Waals surface area contributed by atoms with E-state index in [4.69, 9.17) is 4.74 Å². The summed E-state index contributed by atoms with van der Waals surface area (Å²) in [5.74, 6) is 0.968. The minimum atomic E-state index is 0. The van der Waals surface area contributed by atoms with Crippen LogP contribution in [0.3, 0.4) is 0 Å². The monoisotopic (exact) mass is 532 g/mol. The lowest BCUT2D eigenvalue weighted by Crippen LogP contribution is -2.43. The van der Waals surface area contributed by atoms with Gasteiger partial charge in [-0.2, -0.15) is 0 Å². The summed E-state index contributed by atoms with van der Waals surface area (Å²) < 4.78 is 5.43. The molecule has 0 spiro atoms. The highest BCUT2D eigenvalue weighted by Gasteiger charge is 2.16. The van der Waals surface area contributed by atoms with Gasteiger partial charge in [0.1, 0.15) is 0 Å². The van der Waals surface area contributed by atoms with E-state index in [9.17, 15) is 0 Å². The van der Waals surface area contributed by atoms with Gasteiger partial charge in [0.05, 0.1) is 13.2 Å². The molecule has 0 saturated carbocycles. The van der Waals surface area contributed by atoms with Crippen molar-refractivity contribution in [3.8, 4) is 0 Å². The Morgan fingerprint density at radius 2 is 1.68 bits per heavy atom. The predicted molar refractivity (Wildman–Crippen MR) is 139 cm³/mol. The largest absolute Gasteiger partial charge is 0.379 e. The van der Waals surface area contributed by atoms with E-state index in [-0.39, 0.29) is 24.0 Å². The molecule has 2 aliphatic heterocycles. The van der Waals surface area contributed by atoms with Gasteiger partial charge >= 0.3 is 0 Å². The fourth-order valence-electron chi connectivity index (χ4n) is 4.07. The topological polar surface area (TPSA) is 40.1 Å². The van der Waals surface area contributed by atoms with Crippen LogP contribution in [0, 0.1) is 0 Å². The summed E-state index contributed by atoms with van der Waals surface area (Å²) in [5.41, 5.74) is 5.40. The second-order valence-corrected chi connectivity index (χ2v) is 7.90. The molecule has 0 aromatic heterocycles. The van der Waals surface area contributed by atoms with E-state index >= 15 is 0 Å². The van der Waals surface area contributed by atoms with Gasteiger partial charge in [-0.05, 0) is 28.7 Å². The minimum Gasteiger partial charge on any atom is -0.379 e. The van der Waals surface area contributed by atoms with Crippen LogP contribution in [0.25, 0.3) is 5.57 Å². The summed E-state index contributed by atoms with van der Waals surface area (Å²) in [6.45, 7) is 7.41. The van der Waals surface area contributed by atoms with Crippen LogP contribution in [0.15, 0.2) is 65.7 Å². The molecule has 2 aromatic carbocycles. The normalized spacial score (nSPS) is 17.6. The molecule has 5 nitrogen and oxygen atoms in total. The van der Waals surface area contributed by atoms with Gasteiger partial charge in [-0.1, -0.05) is 60.7 Å². The lowest BCUT2D eigenvalue weighted by molar-refractivity contribution is 0.0342. The van der Waals surface area contributed by atoms with Crippen LogP contribution >= 0.6 is 24.0 Å². The first-order chi connectivity index (χ1) is 14.8. The second-order valence-electron chi connectivity index (χ2n) is 7.90. The molecule has 1 fully saturated rings. The first-order valence-corrected chi connectivity index (χ1v) is 10.9. The molecule has 0 amide bonds. The van der Waals surface area contributed by atoms with Gasteiger partial charge < -0.3 is 15.0 Å². The average Bonchev–Trinajstić information content (AvgIpc) is 2.82. The third kappa shape index (κ3) is 6.79. The molecule has 166 valence electrons. The second kappa shape index (κ2) is 12.2. The number of hydrogen-bond acceptors (Lipinski definition) is 3. The number of ether oxygens (including phenoxy) is 1. The fourth-order valence-corrected chi connectivity index (χ4v) is 4.07. The zero-order chi connectivity index (χ0) is 20.6. The fraction of sp³-hybridized carbons (Fsp3) is 0.400. The SMILES string of the molecule is CN=C(NCc1ccc(CN2CCOCC2)cc1)N1CC=C(c2ccccc2)CC1.I. The highest BCUT2D eigenvalue weighted by atomic mass is 127. The maximum atomic E-state index is 5.43. The molecular formula is C25H33IN4O. The Bertz CT molecular complexity index is 861. The Hall–Kier alpha value is -1.90. The van der Waals surface area contributed by atoms with Gasteiger partial charge in [-0.15, -0.1) is 24.0 Å². The van der Waals surface area contributed by atoms with Crippen LogP contribution in [0.5, 0.6) is 0 Å². The molecule has 1 N–H and O–H groups in total. The number of benzene rings is 2. The lowest BCUT2D eigenvalue weighted by atomic mass is 10.00. The van der Waals surface area contributed by atoms with E-state index in [0.717, 1.165) is 64.9 Å². The van der Waals surface area contributed by atoms with E-state index in [2.05, 4.69) is 80.8 Å². The van der Waals surface area contributed by atoms with Crippen LogP contribution in [0.4, 0.5) is 0 Å². The van der Waals surface area contributed by atoms with Crippen molar-refractivity contribution < 1.29 is 4.74 Å². The summed E-state index contributed by atoms with van der Waals surface area (Å²) in [7, 11) is 1.87. The molecule has 0 atom stereocenters. The van der Waals surface area contributed by atoms with Crippen LogP contribution < -0.4 is 5.32 Å². The molecule has 0 unspecified atom stereocenters. The smallest absolute Gasteiger partial charge is 0.194 e. The molecule has 2 aliphatic rings. The van der Waals surface area contributed by atoms with Gasteiger partial charge in [0.25, 0.3) is 0 Å². The number of morpholine rings is 1. The molecule has 6 heteroatoms. The third-order valence-electron chi connectivity index (χ3n) is 5.85. The van der Waals surface area contributed by atoms with E-state index in [1.807, 2.05) is 7.05 Å². The minimum absolute atomic E-state index is 0. The molecule has 4 rings (SSSR count). The number of hydrogen-bond donors (Lipinski definition) is 1. The van der Waals surface area contributed by atoms with Crippen molar-refractivity contribution in [1.82, 2.24) is 15.1 Å². The lowest BCUT2D eigenvalue weighted by Gasteiger charge is -2.30. The van der Waals surface area contributed by atoms with E-state index in [1.165, 1.54) is 22.3 Å². The van der Waals surface area contributed by atoms with Crippen LogP contribution in [0.2, 0.25) is 0 Å². The van der Waals surface area contributed by atoms with Crippen molar-refractivity contribution in [3.05, 3.63) is 77.4 Å². The molecule has 31 heavy (non-hydrogen) atoms. The quantitative estimate of drug-likeness (QED) is 0.359. The zero-order valence-corrected chi connectivity index (χ0v) is 20.6. The zero-order valence-electron chi connectivity index (χ0n) is 18.3. The van der Waals surface area contributed by atoms with Crippen LogP contribution in [0.1, 0.15) is 23.1 Å². The highest BCUT2D eigenvalue weighted by Crippen LogP contribution is 2.22. The Morgan fingerprint density at radius 1 is 0.968 bits per heavy atom. The molecule has 0 aliphatic carbocycles. The molecule has 1 saturated heterocycles. The first-order valence-electron chi connectivity index (χ1n) is 10.9. The van der Waals surface area contributed by atoms with E-state index < -0.39 is 0 Å². The molecule has 2 aromatic rings. The number of aliphatic imine (C=N–C) groups is 1. The van der Waals surface area contributed by atoms with Crippen LogP contribution in [-0.4, -0.2) is 62.2 Å². The predicted octanol–water partition coefficient (Wildman–Crippen LogP) is 4.00. The Morgan fingerprint density at radius 3 is 2.32 bits per heavy atom. The number of nitrogens with zero attached hydrogens (tertiary/aromatic N) is 3. The molecule has 0 bridgehead atoms. The number of rotatable bonds is 5. The van der Waals surface area contributed by atoms with Crippen molar-refractivity contribution in [2.75, 3.05) is 46.4 Å². The van der Waals surface area contributed by atoms with Crippen molar-refractivity contribution in [3.63, 3.8) is 0 Å². The van der Waals surface area contributed by atoms with Gasteiger partial charge in [0.2, 0.25) is 0 Å². The summed E-state index contributed by atoms with van der Waals surface area (Å²) in [6.07, 6.45) is 3.37. The maximum Gasteiger partial charge on any atom is 0.194 e. The summed E-state index contributed by atoms with van der Waals surface area (Å²) in [5, 5.41) is 3.53. The average molecular weight is 532 g/mol. The number of nitrogens with one attached hydrogen (secondary N) is 1. The molecular weight excluding hydrogens is 499 g/mol. The molecule has 2 heterocycles.